The molecule has 0 spiro atoms. The number of pyridine rings is 1. The number of nitrogens with zero attached hydrogens (tertiary/aromatic N) is 4. The van der Waals surface area contributed by atoms with Crippen molar-refractivity contribution in [3.05, 3.63) is 142 Å². The highest BCUT2D eigenvalue weighted by Crippen LogP contribution is 2.62. The maximum absolute atomic E-state index is 15.3. The van der Waals surface area contributed by atoms with Crippen LogP contribution in [0.1, 0.15) is 93.6 Å². The number of anilines is 1. The molecular formula is C52H63N5O11S. The number of carbonyl (C=O) groups excluding carboxylic acids is 1. The number of benzene rings is 3. The number of hydrogen-bond donors (Lipinski definition) is 3. The summed E-state index contributed by atoms with van der Waals surface area (Å²) in [5.74, 6) is -2.03. The number of nitrogens with one attached hydrogen (secondary N) is 1. The van der Waals surface area contributed by atoms with Crippen molar-refractivity contribution in [1.82, 2.24) is 9.29 Å². The first-order chi connectivity index (χ1) is 33.3. The minimum Gasteiger partial charge on any atom is -0.487 e. The van der Waals surface area contributed by atoms with Crippen LogP contribution in [-0.2, 0) is 37.6 Å². The van der Waals surface area contributed by atoms with E-state index in [9.17, 15) is 25.1 Å². The Labute approximate surface area is 404 Å². The van der Waals surface area contributed by atoms with Crippen molar-refractivity contribution in [1.29, 1.82) is 0 Å². The number of unbranched alkanes of at least 4 members (excludes halogenated alkanes) is 2. The molecule has 0 radical (unpaired) electrons. The second-order valence-electron chi connectivity index (χ2n) is 17.8. The molecule has 4 aromatic rings. The van der Waals surface area contributed by atoms with E-state index < -0.39 is 32.7 Å². The number of oxime groups is 1. The van der Waals surface area contributed by atoms with Gasteiger partial charge in [0.1, 0.15) is 24.7 Å². The van der Waals surface area contributed by atoms with Crippen LogP contribution >= 0.6 is 0 Å². The Morgan fingerprint density at radius 3 is 2.43 bits per heavy atom. The van der Waals surface area contributed by atoms with Gasteiger partial charge in [-0.25, -0.2) is 8.42 Å². The van der Waals surface area contributed by atoms with E-state index in [1.54, 1.807) is 30.3 Å². The van der Waals surface area contributed by atoms with Gasteiger partial charge in [-0.2, -0.15) is 4.31 Å². The normalized spacial score (nSPS) is 22.2. The Morgan fingerprint density at radius 2 is 1.77 bits per heavy atom. The van der Waals surface area contributed by atoms with Gasteiger partial charge in [0.05, 0.1) is 39.8 Å². The first-order valence-electron chi connectivity index (χ1n) is 23.7. The molecule has 1 amide bonds. The van der Waals surface area contributed by atoms with Crippen LogP contribution in [-0.4, -0.2) is 82.7 Å². The number of carbonyl (C=O) groups is 1. The maximum atomic E-state index is 15.3. The van der Waals surface area contributed by atoms with E-state index in [1.165, 1.54) is 35.5 Å². The van der Waals surface area contributed by atoms with Gasteiger partial charge in [-0.05, 0) is 129 Å². The molecule has 368 valence electrons. The van der Waals surface area contributed by atoms with Gasteiger partial charge >= 0.3 is 0 Å². The number of amides is 1. The Morgan fingerprint density at radius 1 is 1.03 bits per heavy atom. The fraction of sp³-hybridized carbons (Fsp3) is 0.442. The number of ether oxygens (including phenoxy) is 3. The van der Waals surface area contributed by atoms with E-state index >= 15 is 8.42 Å². The first-order valence-corrected chi connectivity index (χ1v) is 25.2. The number of non-ortho nitro benzene ring substituents is 1. The van der Waals surface area contributed by atoms with Gasteiger partial charge in [-0.15, -0.1) is 6.58 Å². The van der Waals surface area contributed by atoms with Crippen molar-refractivity contribution in [3.8, 4) is 11.5 Å². The second-order valence-corrected chi connectivity index (χ2v) is 19.7. The zero-order chi connectivity index (χ0) is 49.1. The number of hydrogen-bond acceptors (Lipinski definition) is 13. The molecule has 2 aliphatic carbocycles. The van der Waals surface area contributed by atoms with Gasteiger partial charge in [-0.3, -0.25) is 19.9 Å². The number of sulfonamides is 1. The van der Waals surface area contributed by atoms with Crippen LogP contribution in [0.4, 0.5) is 11.4 Å². The number of aliphatic hydroxyl groups excluding tert-OH is 2. The zero-order valence-electron chi connectivity index (χ0n) is 39.5. The number of nitro benzene ring substituents is 1. The molecule has 2 heterocycles. The summed E-state index contributed by atoms with van der Waals surface area (Å²) in [4.78, 5) is 33.6. The second kappa shape index (κ2) is 23.1. The number of nitro groups is 1. The van der Waals surface area contributed by atoms with Gasteiger partial charge in [0.2, 0.25) is 21.7 Å². The van der Waals surface area contributed by atoms with E-state index in [0.717, 1.165) is 35.4 Å². The third kappa shape index (κ3) is 11.6. The molecule has 6 unspecified atom stereocenters. The number of aryl methyl sites for hydroxylation is 1. The summed E-state index contributed by atoms with van der Waals surface area (Å²) < 4.78 is 52.9. The lowest BCUT2D eigenvalue weighted by Crippen LogP contribution is -2.70. The molecule has 0 bridgehead atoms. The zero-order valence-corrected chi connectivity index (χ0v) is 40.3. The predicted molar refractivity (Wildman–Crippen MR) is 261 cm³/mol. The summed E-state index contributed by atoms with van der Waals surface area (Å²) in [5, 5.41) is 39.0. The van der Waals surface area contributed by atoms with Crippen molar-refractivity contribution in [2.24, 2.45) is 22.9 Å². The van der Waals surface area contributed by atoms with E-state index in [-0.39, 0.29) is 80.2 Å². The van der Waals surface area contributed by atoms with Crippen LogP contribution in [0, 0.1) is 34.8 Å². The Bertz CT molecular complexity index is 2610. The van der Waals surface area contributed by atoms with E-state index in [0.29, 0.717) is 60.6 Å². The minimum atomic E-state index is -4.33. The van der Waals surface area contributed by atoms with Crippen LogP contribution in [0.2, 0.25) is 0 Å². The third-order valence-corrected chi connectivity index (χ3v) is 15.0. The van der Waals surface area contributed by atoms with Gasteiger partial charge in [-0.1, -0.05) is 43.1 Å². The highest BCUT2D eigenvalue weighted by atomic mass is 32.2. The van der Waals surface area contributed by atoms with Gasteiger partial charge in [0.15, 0.2) is 0 Å². The molecule has 6 atom stereocenters. The van der Waals surface area contributed by atoms with Crippen LogP contribution in [0.15, 0.2) is 119 Å². The number of rotatable bonds is 24. The highest BCUT2D eigenvalue weighted by molar-refractivity contribution is 7.89. The first kappa shape index (κ1) is 50.9. The number of fused-ring (bicyclic) bond motifs is 2. The lowest BCUT2D eigenvalue weighted by molar-refractivity contribution is -0.384. The molecule has 16 nitrogen and oxygen atoms in total. The molecule has 1 aromatic heterocycles. The highest BCUT2D eigenvalue weighted by Gasteiger charge is 2.66. The topological polar surface area (TPSA) is 212 Å². The predicted octanol–water partition coefficient (Wildman–Crippen LogP) is 8.77. The summed E-state index contributed by atoms with van der Waals surface area (Å²) in [7, 11) is -4.33. The molecule has 1 fully saturated rings. The summed E-state index contributed by atoms with van der Waals surface area (Å²) in [6.07, 6.45) is 8.35. The molecule has 0 saturated heterocycles. The van der Waals surface area contributed by atoms with Gasteiger partial charge in [0.25, 0.3) is 5.69 Å². The van der Waals surface area contributed by atoms with Crippen molar-refractivity contribution in [2.75, 3.05) is 31.7 Å². The maximum Gasteiger partial charge on any atom is 0.269 e. The molecule has 3 aliphatic rings. The monoisotopic (exact) mass is 965 g/mol. The molecule has 1 aliphatic heterocycles. The van der Waals surface area contributed by atoms with Crippen LogP contribution in [0.5, 0.6) is 11.5 Å². The Hall–Kier alpha value is -5.98. The average Bonchev–Trinajstić information content (AvgIpc) is 3.33. The van der Waals surface area contributed by atoms with Gasteiger partial charge in [0, 0.05) is 68.1 Å². The molecule has 3 N–H and O–H groups in total. The molecule has 17 heteroatoms. The molecule has 1 saturated carbocycles. The number of aromatic nitrogens is 1. The van der Waals surface area contributed by atoms with Crippen molar-refractivity contribution in [3.63, 3.8) is 0 Å². The molecule has 3 aromatic carbocycles. The standard InChI is InChI=1S/C52H63N5O11S/c1-5-26-56(69(63,64)43-23-18-39(19-24-43)54-36(4)60)49-32-47(55-67-33-37-16-20-41(21-17-37)57(61)62)45-30-38(13-7-9-27-58)44(15-8-10-28-59)50-46-31-42(65-34-40-14-11-12-35(3)53-40)22-25-48(46)68-52(49,51(45)50)66-29-6-2/h6,11-12,14,16-25,30-31,38,44,49-51,58-59H,2,5,7-10,13,15,26-29,32-34H2,1,3-4H3,(H,54,60). The fourth-order valence-electron chi connectivity index (χ4n) is 10.2. The summed E-state index contributed by atoms with van der Waals surface area (Å²) in [6, 6.07) is 22.5. The van der Waals surface area contributed by atoms with Crippen LogP contribution in [0.25, 0.3) is 0 Å². The fourth-order valence-corrected chi connectivity index (χ4v) is 11.9. The smallest absolute Gasteiger partial charge is 0.269 e. The third-order valence-electron chi connectivity index (χ3n) is 13.1. The Kier molecular flexibility index (Phi) is 17.0. The molecule has 69 heavy (non-hydrogen) atoms. The summed E-state index contributed by atoms with van der Waals surface area (Å²) in [6.45, 7) is 9.55. The summed E-state index contributed by atoms with van der Waals surface area (Å²) >= 11 is 0. The van der Waals surface area contributed by atoms with Gasteiger partial charge < -0.3 is 34.6 Å². The van der Waals surface area contributed by atoms with E-state index in [4.69, 9.17) is 24.2 Å². The number of aliphatic hydroxyl groups is 2. The quantitative estimate of drug-likeness (QED) is 0.0260. The van der Waals surface area contributed by atoms with Crippen LogP contribution in [0.3, 0.4) is 0 Å². The SMILES string of the molecule is C=CCOC12Oc3ccc(OCc4cccc(C)n4)cc3C3C(CCCCO)C(CCCCO)C=C(C(=NOCc4ccc([N+](=O)[O-])cc4)CC1N(CCC)S(=O)(=O)c1ccc(NC(C)=O)cc1)C32. The van der Waals surface area contributed by atoms with E-state index in [2.05, 4.69) is 23.0 Å². The lowest BCUT2D eigenvalue weighted by Gasteiger charge is -2.59. The van der Waals surface area contributed by atoms with Crippen molar-refractivity contribution in [2.45, 2.75) is 108 Å². The van der Waals surface area contributed by atoms with Crippen molar-refractivity contribution >= 4 is 33.0 Å². The number of allylic oxidation sites excluding steroid dienone is 1. The largest absolute Gasteiger partial charge is 0.487 e. The van der Waals surface area contributed by atoms with E-state index in [1.807, 2.05) is 50.2 Å². The molecule has 7 rings (SSSR count). The van der Waals surface area contributed by atoms with Crippen molar-refractivity contribution < 1.29 is 47.4 Å². The minimum absolute atomic E-state index is 0.00490. The molecular weight excluding hydrogens is 903 g/mol. The average molecular weight is 966 g/mol. The lowest BCUT2D eigenvalue weighted by atomic mass is 9.55. The van der Waals surface area contributed by atoms with Crippen LogP contribution < -0.4 is 14.8 Å². The summed E-state index contributed by atoms with van der Waals surface area (Å²) in [5.41, 5.74) is 4.79. The Balaban J connectivity index is 1.43.